The largest absolute Gasteiger partial charge is 0.497 e. The van der Waals surface area contributed by atoms with Crippen LogP contribution in [0.15, 0.2) is 28.7 Å². The molecule has 2 rings (SSSR count). The number of rotatable bonds is 9. The van der Waals surface area contributed by atoms with Gasteiger partial charge in [-0.2, -0.15) is 0 Å². The van der Waals surface area contributed by atoms with Gasteiger partial charge >= 0.3 is 0 Å². The first-order valence-corrected chi connectivity index (χ1v) is 7.96. The number of aromatic nitrogens is 2. The summed E-state index contributed by atoms with van der Waals surface area (Å²) in [4.78, 5) is 11.7. The molecular weight excluding hydrogens is 294 g/mol. The lowest BCUT2D eigenvalue weighted by Gasteiger charge is -2.03. The molecule has 0 saturated carbocycles. The summed E-state index contributed by atoms with van der Waals surface area (Å²) in [5, 5.41) is 10.9. The molecule has 0 bridgehead atoms. The molecular formula is C17H23N3O3. The van der Waals surface area contributed by atoms with Crippen LogP contribution in [0.5, 0.6) is 5.75 Å². The number of unbranched alkanes of at least 4 members (excludes halogenated alkanes) is 2. The van der Waals surface area contributed by atoms with Gasteiger partial charge in [0, 0.05) is 24.9 Å². The lowest BCUT2D eigenvalue weighted by Crippen LogP contribution is -2.24. The number of carbonyl (C=O) groups is 1. The Kier molecular flexibility index (Phi) is 6.59. The Labute approximate surface area is 136 Å². The standard InChI is InChI=1S/C17H23N3O3/c1-3-4-5-11-18-15(21)9-10-16-19-20-17(23-16)13-7-6-8-14(12-13)22-2/h6-8,12H,3-5,9-11H2,1-2H3,(H,18,21). The molecule has 1 aromatic heterocycles. The molecule has 23 heavy (non-hydrogen) atoms. The van der Waals surface area contributed by atoms with Gasteiger partial charge in [-0.1, -0.05) is 25.8 Å². The van der Waals surface area contributed by atoms with Gasteiger partial charge in [0.05, 0.1) is 7.11 Å². The first-order chi connectivity index (χ1) is 11.2. The maximum absolute atomic E-state index is 11.7. The van der Waals surface area contributed by atoms with E-state index in [0.29, 0.717) is 24.6 Å². The third kappa shape index (κ3) is 5.39. The number of ether oxygens (including phenoxy) is 1. The zero-order valence-corrected chi connectivity index (χ0v) is 13.7. The van der Waals surface area contributed by atoms with Crippen molar-refractivity contribution in [2.24, 2.45) is 0 Å². The second-order valence-corrected chi connectivity index (χ2v) is 5.29. The fourth-order valence-electron chi connectivity index (χ4n) is 2.14. The normalized spacial score (nSPS) is 10.5. The maximum Gasteiger partial charge on any atom is 0.247 e. The average molecular weight is 317 g/mol. The summed E-state index contributed by atoms with van der Waals surface area (Å²) in [5.41, 5.74) is 0.798. The Morgan fingerprint density at radius 1 is 1.30 bits per heavy atom. The highest BCUT2D eigenvalue weighted by atomic mass is 16.5. The van der Waals surface area contributed by atoms with E-state index < -0.39 is 0 Å². The van der Waals surface area contributed by atoms with E-state index in [1.165, 1.54) is 0 Å². The molecule has 1 N–H and O–H groups in total. The molecule has 0 saturated heterocycles. The highest BCUT2D eigenvalue weighted by molar-refractivity contribution is 5.75. The summed E-state index contributed by atoms with van der Waals surface area (Å²) in [6.07, 6.45) is 4.09. The summed E-state index contributed by atoms with van der Waals surface area (Å²) in [7, 11) is 1.61. The second kappa shape index (κ2) is 8.92. The Morgan fingerprint density at radius 2 is 2.17 bits per heavy atom. The van der Waals surface area contributed by atoms with Gasteiger partial charge in [0.1, 0.15) is 5.75 Å². The number of amides is 1. The van der Waals surface area contributed by atoms with Crippen LogP contribution in [0.2, 0.25) is 0 Å². The molecule has 0 atom stereocenters. The van der Waals surface area contributed by atoms with Crippen LogP contribution in [0.25, 0.3) is 11.5 Å². The van der Waals surface area contributed by atoms with Crippen LogP contribution < -0.4 is 10.1 Å². The van der Waals surface area contributed by atoms with Gasteiger partial charge in [-0.15, -0.1) is 10.2 Å². The molecule has 2 aromatic rings. The number of methoxy groups -OCH3 is 1. The molecule has 0 fully saturated rings. The van der Waals surface area contributed by atoms with Crippen molar-refractivity contribution in [3.05, 3.63) is 30.2 Å². The summed E-state index contributed by atoms with van der Waals surface area (Å²) >= 11 is 0. The number of hydrogen-bond donors (Lipinski definition) is 1. The zero-order chi connectivity index (χ0) is 16.5. The van der Waals surface area contributed by atoms with Crippen LogP contribution in [-0.4, -0.2) is 29.8 Å². The van der Waals surface area contributed by atoms with Crippen LogP contribution in [0.1, 0.15) is 38.5 Å². The number of nitrogens with one attached hydrogen (secondary N) is 1. The lowest BCUT2D eigenvalue weighted by atomic mass is 10.2. The van der Waals surface area contributed by atoms with Crippen molar-refractivity contribution in [3.63, 3.8) is 0 Å². The Bertz CT molecular complexity index is 625. The van der Waals surface area contributed by atoms with Gasteiger partial charge in [-0.25, -0.2) is 0 Å². The number of hydrogen-bond acceptors (Lipinski definition) is 5. The first-order valence-electron chi connectivity index (χ1n) is 7.96. The fourth-order valence-corrected chi connectivity index (χ4v) is 2.14. The van der Waals surface area contributed by atoms with Gasteiger partial charge in [0.2, 0.25) is 17.7 Å². The summed E-state index contributed by atoms with van der Waals surface area (Å²) in [6, 6.07) is 7.42. The van der Waals surface area contributed by atoms with Crippen LogP contribution >= 0.6 is 0 Å². The molecule has 6 heteroatoms. The minimum atomic E-state index is 0.0160. The highest BCUT2D eigenvalue weighted by Crippen LogP contribution is 2.22. The molecule has 6 nitrogen and oxygen atoms in total. The van der Waals surface area contributed by atoms with E-state index in [4.69, 9.17) is 9.15 Å². The van der Waals surface area contributed by atoms with Crippen molar-refractivity contribution >= 4 is 5.91 Å². The van der Waals surface area contributed by atoms with Crippen LogP contribution in [0.4, 0.5) is 0 Å². The van der Waals surface area contributed by atoms with E-state index in [0.717, 1.165) is 37.1 Å². The van der Waals surface area contributed by atoms with Crippen LogP contribution in [0.3, 0.4) is 0 Å². The predicted molar refractivity (Wildman–Crippen MR) is 87.1 cm³/mol. The van der Waals surface area contributed by atoms with E-state index in [1.807, 2.05) is 24.3 Å². The number of carbonyl (C=O) groups excluding carboxylic acids is 1. The molecule has 0 aliphatic rings. The van der Waals surface area contributed by atoms with Gasteiger partial charge in [0.25, 0.3) is 0 Å². The predicted octanol–water partition coefficient (Wildman–Crippen LogP) is 2.98. The SMILES string of the molecule is CCCCCNC(=O)CCc1nnc(-c2cccc(OC)c2)o1. The lowest BCUT2D eigenvalue weighted by molar-refractivity contribution is -0.121. The van der Waals surface area contributed by atoms with Crippen molar-refractivity contribution in [2.75, 3.05) is 13.7 Å². The molecule has 0 unspecified atom stereocenters. The third-order valence-corrected chi connectivity index (χ3v) is 3.45. The van der Waals surface area contributed by atoms with Gasteiger partial charge in [0.15, 0.2) is 0 Å². The maximum atomic E-state index is 11.7. The fraction of sp³-hybridized carbons (Fsp3) is 0.471. The van der Waals surface area contributed by atoms with Crippen molar-refractivity contribution in [2.45, 2.75) is 39.0 Å². The van der Waals surface area contributed by atoms with Crippen LogP contribution in [0, 0.1) is 0 Å². The Balaban J connectivity index is 1.83. The van der Waals surface area contributed by atoms with Crippen molar-refractivity contribution in [1.29, 1.82) is 0 Å². The molecule has 0 aliphatic carbocycles. The van der Waals surface area contributed by atoms with Gasteiger partial charge in [-0.3, -0.25) is 4.79 Å². The Morgan fingerprint density at radius 3 is 2.96 bits per heavy atom. The summed E-state index contributed by atoms with van der Waals surface area (Å²) in [5.74, 6) is 1.64. The topological polar surface area (TPSA) is 77.2 Å². The molecule has 0 spiro atoms. The molecule has 1 aromatic carbocycles. The van der Waals surface area contributed by atoms with Crippen molar-refractivity contribution in [1.82, 2.24) is 15.5 Å². The number of benzene rings is 1. The smallest absolute Gasteiger partial charge is 0.247 e. The summed E-state index contributed by atoms with van der Waals surface area (Å²) < 4.78 is 10.8. The van der Waals surface area contributed by atoms with E-state index in [-0.39, 0.29) is 5.91 Å². The molecule has 1 heterocycles. The van der Waals surface area contributed by atoms with E-state index in [2.05, 4.69) is 22.4 Å². The molecule has 0 aliphatic heterocycles. The van der Waals surface area contributed by atoms with E-state index in [1.54, 1.807) is 7.11 Å². The zero-order valence-electron chi connectivity index (χ0n) is 13.7. The second-order valence-electron chi connectivity index (χ2n) is 5.29. The first kappa shape index (κ1) is 17.0. The quantitative estimate of drug-likeness (QED) is 0.719. The molecule has 0 radical (unpaired) electrons. The highest BCUT2D eigenvalue weighted by Gasteiger charge is 2.11. The van der Waals surface area contributed by atoms with Crippen molar-refractivity contribution in [3.8, 4) is 17.2 Å². The van der Waals surface area contributed by atoms with Crippen LogP contribution in [-0.2, 0) is 11.2 Å². The molecule has 124 valence electrons. The summed E-state index contributed by atoms with van der Waals surface area (Å²) in [6.45, 7) is 2.86. The minimum absolute atomic E-state index is 0.0160. The average Bonchev–Trinajstić information content (AvgIpc) is 3.06. The van der Waals surface area contributed by atoms with Crippen molar-refractivity contribution < 1.29 is 13.9 Å². The third-order valence-electron chi connectivity index (χ3n) is 3.45. The van der Waals surface area contributed by atoms with E-state index in [9.17, 15) is 4.79 Å². The van der Waals surface area contributed by atoms with Gasteiger partial charge < -0.3 is 14.5 Å². The monoisotopic (exact) mass is 317 g/mol. The van der Waals surface area contributed by atoms with Gasteiger partial charge in [-0.05, 0) is 24.6 Å². The number of nitrogens with zero attached hydrogens (tertiary/aromatic N) is 2. The Hall–Kier alpha value is -2.37. The number of aryl methyl sites for hydroxylation is 1. The van der Waals surface area contributed by atoms with E-state index >= 15 is 0 Å². The minimum Gasteiger partial charge on any atom is -0.497 e. The molecule has 1 amide bonds.